The number of nitrogens with zero attached hydrogens (tertiary/aromatic N) is 2. The molecule has 6 nitrogen and oxygen atoms in total. The molecule has 0 atom stereocenters. The van der Waals surface area contributed by atoms with Gasteiger partial charge >= 0.3 is 0 Å². The molecule has 1 amide bonds. The zero-order valence-electron chi connectivity index (χ0n) is 14.7. The van der Waals surface area contributed by atoms with E-state index < -0.39 is 10.0 Å². The predicted molar refractivity (Wildman–Crippen MR) is 96.4 cm³/mol. The second-order valence-electron chi connectivity index (χ2n) is 5.95. The molecule has 2 rings (SSSR count). The van der Waals surface area contributed by atoms with Crippen LogP contribution in [0.5, 0.6) is 0 Å². The lowest BCUT2D eigenvalue weighted by atomic mass is 10.1. The van der Waals surface area contributed by atoms with Crippen molar-refractivity contribution in [2.24, 2.45) is 0 Å². The zero-order chi connectivity index (χ0) is 18.4. The number of hydrogen-bond donors (Lipinski definition) is 1. The van der Waals surface area contributed by atoms with Crippen LogP contribution in [-0.4, -0.2) is 37.3 Å². The van der Waals surface area contributed by atoms with Crippen LogP contribution in [0.1, 0.15) is 23.6 Å². The van der Waals surface area contributed by atoms with Crippen LogP contribution in [0, 0.1) is 13.8 Å². The maximum absolute atomic E-state index is 12.4. The molecule has 1 aromatic carbocycles. The van der Waals surface area contributed by atoms with Crippen LogP contribution in [0.4, 0.5) is 0 Å². The molecule has 0 unspecified atom stereocenters. The summed E-state index contributed by atoms with van der Waals surface area (Å²) < 4.78 is 27.3. The number of rotatable bonds is 7. The topological polar surface area (TPSA) is 79.4 Å². The Morgan fingerprint density at radius 3 is 2.56 bits per heavy atom. The van der Waals surface area contributed by atoms with E-state index in [1.54, 1.807) is 41.6 Å². The number of sulfonamides is 1. The Kier molecular flexibility index (Phi) is 6.27. The minimum Gasteiger partial charge on any atom is -0.337 e. The molecule has 1 heterocycles. The molecule has 1 aromatic heterocycles. The van der Waals surface area contributed by atoms with Gasteiger partial charge in [0.25, 0.3) is 0 Å². The highest BCUT2D eigenvalue weighted by Crippen LogP contribution is 2.14. The van der Waals surface area contributed by atoms with E-state index in [-0.39, 0.29) is 23.9 Å². The van der Waals surface area contributed by atoms with Crippen molar-refractivity contribution >= 4 is 15.9 Å². The van der Waals surface area contributed by atoms with Crippen LogP contribution in [0.2, 0.25) is 0 Å². The maximum Gasteiger partial charge on any atom is 0.240 e. The van der Waals surface area contributed by atoms with E-state index in [1.165, 1.54) is 6.92 Å². The third-order valence-electron chi connectivity index (χ3n) is 4.00. The van der Waals surface area contributed by atoms with Gasteiger partial charge in [-0.25, -0.2) is 13.1 Å². The van der Waals surface area contributed by atoms with Gasteiger partial charge in [0.05, 0.1) is 4.90 Å². The van der Waals surface area contributed by atoms with Crippen molar-refractivity contribution in [3.8, 4) is 0 Å². The summed E-state index contributed by atoms with van der Waals surface area (Å²) in [5.41, 5.74) is 2.86. The van der Waals surface area contributed by atoms with Crippen LogP contribution >= 0.6 is 0 Å². The summed E-state index contributed by atoms with van der Waals surface area (Å²) in [6.07, 6.45) is 3.36. The van der Waals surface area contributed by atoms with E-state index >= 15 is 0 Å². The molecule has 2 aromatic rings. The lowest BCUT2D eigenvalue weighted by molar-refractivity contribution is -0.129. The molecule has 0 spiro atoms. The summed E-state index contributed by atoms with van der Waals surface area (Å²) in [5.74, 6) is -0.116. The minimum absolute atomic E-state index is 0.116. The van der Waals surface area contributed by atoms with Crippen molar-refractivity contribution in [1.29, 1.82) is 0 Å². The lowest BCUT2D eigenvalue weighted by Crippen LogP contribution is -2.37. The summed E-state index contributed by atoms with van der Waals surface area (Å²) in [4.78, 5) is 17.6. The largest absolute Gasteiger partial charge is 0.337 e. The van der Waals surface area contributed by atoms with Crippen molar-refractivity contribution in [2.45, 2.75) is 32.2 Å². The molecule has 7 heteroatoms. The standard InChI is InChI=1S/C18H23N3O3S/c1-14-6-7-18(11-15(14)2)25(23,24)20-9-10-21(16(3)22)13-17-5-4-8-19-12-17/h4-8,11-12,20H,9-10,13H2,1-3H3. The highest BCUT2D eigenvalue weighted by atomic mass is 32.2. The van der Waals surface area contributed by atoms with Gasteiger partial charge < -0.3 is 4.90 Å². The van der Waals surface area contributed by atoms with Gasteiger partial charge in [0.15, 0.2) is 0 Å². The summed E-state index contributed by atoms with van der Waals surface area (Å²) in [6.45, 7) is 6.11. The van der Waals surface area contributed by atoms with Crippen LogP contribution in [-0.2, 0) is 21.4 Å². The summed E-state index contributed by atoms with van der Waals surface area (Å²) in [6, 6.07) is 8.70. The number of aromatic nitrogens is 1. The Hall–Kier alpha value is -2.25. The number of hydrogen-bond acceptors (Lipinski definition) is 4. The van der Waals surface area contributed by atoms with E-state index in [4.69, 9.17) is 0 Å². The van der Waals surface area contributed by atoms with Gasteiger partial charge in [0, 0.05) is 39.0 Å². The highest BCUT2D eigenvalue weighted by Gasteiger charge is 2.16. The lowest BCUT2D eigenvalue weighted by Gasteiger charge is -2.21. The molecule has 0 aliphatic carbocycles. The fourth-order valence-corrected chi connectivity index (χ4v) is 3.45. The molecule has 25 heavy (non-hydrogen) atoms. The van der Waals surface area contributed by atoms with Crippen molar-refractivity contribution in [2.75, 3.05) is 13.1 Å². The summed E-state index contributed by atoms with van der Waals surface area (Å²) in [7, 11) is -3.59. The molecule has 0 bridgehead atoms. The molecule has 0 saturated heterocycles. The van der Waals surface area contributed by atoms with Crippen LogP contribution in [0.25, 0.3) is 0 Å². The van der Waals surface area contributed by atoms with Gasteiger partial charge in [0.2, 0.25) is 15.9 Å². The Balaban J connectivity index is 1.98. The van der Waals surface area contributed by atoms with Gasteiger partial charge in [-0.1, -0.05) is 12.1 Å². The number of aryl methyl sites for hydroxylation is 2. The normalized spacial score (nSPS) is 11.3. The maximum atomic E-state index is 12.4. The number of amides is 1. The quantitative estimate of drug-likeness (QED) is 0.818. The first kappa shape index (κ1) is 19.1. The number of nitrogens with one attached hydrogen (secondary N) is 1. The van der Waals surface area contributed by atoms with Gasteiger partial charge in [0.1, 0.15) is 0 Å². The van der Waals surface area contributed by atoms with Crippen molar-refractivity contribution < 1.29 is 13.2 Å². The van der Waals surface area contributed by atoms with Gasteiger partial charge in [-0.2, -0.15) is 0 Å². The van der Waals surface area contributed by atoms with E-state index in [2.05, 4.69) is 9.71 Å². The minimum atomic E-state index is -3.59. The average molecular weight is 361 g/mol. The third kappa shape index (κ3) is 5.37. The number of carbonyl (C=O) groups is 1. The Morgan fingerprint density at radius 2 is 1.96 bits per heavy atom. The van der Waals surface area contributed by atoms with E-state index in [1.807, 2.05) is 19.9 Å². The first-order valence-corrected chi connectivity index (χ1v) is 9.49. The second-order valence-corrected chi connectivity index (χ2v) is 7.71. The van der Waals surface area contributed by atoms with Crippen molar-refractivity contribution in [3.05, 3.63) is 59.4 Å². The summed E-state index contributed by atoms with van der Waals surface area (Å²) >= 11 is 0. The number of carbonyl (C=O) groups excluding carboxylic acids is 1. The fourth-order valence-electron chi connectivity index (χ4n) is 2.34. The predicted octanol–water partition coefficient (Wildman–Crippen LogP) is 2.03. The number of benzene rings is 1. The third-order valence-corrected chi connectivity index (χ3v) is 5.46. The molecule has 1 N–H and O–H groups in total. The molecule has 0 fully saturated rings. The molecule has 0 aliphatic heterocycles. The number of pyridine rings is 1. The fraction of sp³-hybridized carbons (Fsp3) is 0.333. The smallest absolute Gasteiger partial charge is 0.240 e. The van der Waals surface area contributed by atoms with Crippen LogP contribution in [0.15, 0.2) is 47.6 Å². The van der Waals surface area contributed by atoms with E-state index in [9.17, 15) is 13.2 Å². The second kappa shape index (κ2) is 8.22. The molecule has 0 saturated carbocycles. The first-order valence-electron chi connectivity index (χ1n) is 8.01. The Morgan fingerprint density at radius 1 is 1.20 bits per heavy atom. The average Bonchev–Trinajstić information content (AvgIpc) is 2.57. The van der Waals surface area contributed by atoms with Gasteiger partial charge in [-0.3, -0.25) is 9.78 Å². The van der Waals surface area contributed by atoms with Gasteiger partial charge in [-0.15, -0.1) is 0 Å². The molecule has 0 aliphatic rings. The monoisotopic (exact) mass is 361 g/mol. The van der Waals surface area contributed by atoms with Crippen molar-refractivity contribution in [1.82, 2.24) is 14.6 Å². The first-order chi connectivity index (χ1) is 11.8. The van der Waals surface area contributed by atoms with Crippen LogP contribution < -0.4 is 4.72 Å². The molecular weight excluding hydrogens is 338 g/mol. The molecule has 0 radical (unpaired) electrons. The Bertz CT molecular complexity index is 836. The molecule has 134 valence electrons. The van der Waals surface area contributed by atoms with Gasteiger partial charge in [-0.05, 0) is 48.7 Å². The van der Waals surface area contributed by atoms with Crippen molar-refractivity contribution in [3.63, 3.8) is 0 Å². The van der Waals surface area contributed by atoms with E-state index in [0.29, 0.717) is 6.54 Å². The zero-order valence-corrected chi connectivity index (χ0v) is 15.5. The van der Waals surface area contributed by atoms with Crippen LogP contribution in [0.3, 0.4) is 0 Å². The molecular formula is C18H23N3O3S. The SMILES string of the molecule is CC(=O)N(CCNS(=O)(=O)c1ccc(C)c(C)c1)Cc1cccnc1. The highest BCUT2D eigenvalue weighted by molar-refractivity contribution is 7.89. The Labute approximate surface area is 148 Å². The van der Waals surface area contributed by atoms with E-state index in [0.717, 1.165) is 16.7 Å². The summed E-state index contributed by atoms with van der Waals surface area (Å²) in [5, 5.41) is 0.